The van der Waals surface area contributed by atoms with Gasteiger partial charge in [0, 0.05) is 6.92 Å². The minimum absolute atomic E-state index is 0.833. The zero-order chi connectivity index (χ0) is 17.6. The molecule has 0 unspecified atom stereocenters. The predicted octanol–water partition coefficient (Wildman–Crippen LogP) is 6.07. The van der Waals surface area contributed by atoms with E-state index in [1.807, 2.05) is 0 Å². The number of carboxylic acid groups (broad SMARTS) is 1. The third-order valence-corrected chi connectivity index (χ3v) is 3.72. The standard InChI is InChI=1S/C18H37N.C2H4O2/c1-2-3-4-5-6-7-8-9-10-11-12-13-14-15-16-17-18-19;1-2(3)4/h9-10H,2-8,11-19H2,1H3;1H3,(H,3,4)/b10-9+;. The molecular formula is C20H41NO2. The van der Waals surface area contributed by atoms with Gasteiger partial charge >= 0.3 is 0 Å². The molecule has 0 radical (unpaired) electrons. The van der Waals surface area contributed by atoms with Crippen LogP contribution in [-0.2, 0) is 4.79 Å². The number of rotatable bonds is 15. The summed E-state index contributed by atoms with van der Waals surface area (Å²) in [6, 6.07) is 0. The summed E-state index contributed by atoms with van der Waals surface area (Å²) in [5.74, 6) is -0.833. The quantitative estimate of drug-likeness (QED) is 0.283. The Morgan fingerprint density at radius 3 is 1.52 bits per heavy atom. The van der Waals surface area contributed by atoms with E-state index in [4.69, 9.17) is 15.6 Å². The van der Waals surface area contributed by atoms with Crippen molar-refractivity contribution in [2.45, 2.75) is 104 Å². The third kappa shape index (κ3) is 33.8. The molecule has 3 heteroatoms. The second-order valence-corrected chi connectivity index (χ2v) is 6.25. The summed E-state index contributed by atoms with van der Waals surface area (Å²) >= 11 is 0. The van der Waals surface area contributed by atoms with Crippen molar-refractivity contribution < 1.29 is 9.90 Å². The van der Waals surface area contributed by atoms with Crippen LogP contribution in [0.4, 0.5) is 0 Å². The largest absolute Gasteiger partial charge is 0.481 e. The molecule has 0 aliphatic carbocycles. The topological polar surface area (TPSA) is 63.3 Å². The summed E-state index contributed by atoms with van der Waals surface area (Å²) in [5, 5.41) is 7.42. The second-order valence-electron chi connectivity index (χ2n) is 6.25. The summed E-state index contributed by atoms with van der Waals surface area (Å²) in [7, 11) is 0. The maximum atomic E-state index is 9.00. The second kappa shape index (κ2) is 23.4. The maximum absolute atomic E-state index is 9.00. The van der Waals surface area contributed by atoms with Crippen molar-refractivity contribution in [2.75, 3.05) is 6.54 Å². The van der Waals surface area contributed by atoms with Crippen LogP contribution in [0.1, 0.15) is 104 Å². The van der Waals surface area contributed by atoms with E-state index in [1.54, 1.807) is 0 Å². The molecule has 0 saturated carbocycles. The molecule has 0 fully saturated rings. The van der Waals surface area contributed by atoms with Gasteiger partial charge in [0.15, 0.2) is 0 Å². The monoisotopic (exact) mass is 327 g/mol. The predicted molar refractivity (Wildman–Crippen MR) is 102 cm³/mol. The van der Waals surface area contributed by atoms with Crippen molar-refractivity contribution in [3.63, 3.8) is 0 Å². The van der Waals surface area contributed by atoms with Gasteiger partial charge in [-0.05, 0) is 38.6 Å². The average Bonchev–Trinajstić information content (AvgIpc) is 2.50. The molecule has 3 N–H and O–H groups in total. The van der Waals surface area contributed by atoms with Gasteiger partial charge in [0.25, 0.3) is 5.97 Å². The van der Waals surface area contributed by atoms with E-state index in [9.17, 15) is 0 Å². The summed E-state index contributed by atoms with van der Waals surface area (Å²) < 4.78 is 0. The number of unbranched alkanes of at least 4 members (excludes halogenated alkanes) is 12. The number of nitrogens with two attached hydrogens (primary N) is 1. The highest BCUT2D eigenvalue weighted by Gasteiger charge is 1.90. The van der Waals surface area contributed by atoms with Crippen LogP contribution in [0.25, 0.3) is 0 Å². The Labute approximate surface area is 144 Å². The lowest BCUT2D eigenvalue weighted by molar-refractivity contribution is -0.134. The lowest BCUT2D eigenvalue weighted by atomic mass is 10.1. The summed E-state index contributed by atoms with van der Waals surface area (Å²) in [5.41, 5.74) is 5.47. The lowest BCUT2D eigenvalue weighted by Crippen LogP contribution is -1.97. The molecule has 0 aliphatic rings. The molecule has 0 amide bonds. The van der Waals surface area contributed by atoms with Gasteiger partial charge < -0.3 is 10.8 Å². The Kier molecular flexibility index (Phi) is 24.9. The molecule has 0 atom stereocenters. The number of allylic oxidation sites excluding steroid dienone is 2. The molecule has 138 valence electrons. The Bertz CT molecular complexity index is 248. The Morgan fingerprint density at radius 1 is 0.783 bits per heavy atom. The summed E-state index contributed by atoms with van der Waals surface area (Å²) in [4.78, 5) is 9.00. The van der Waals surface area contributed by atoms with Crippen LogP contribution in [0.3, 0.4) is 0 Å². The molecule has 0 heterocycles. The summed E-state index contributed by atoms with van der Waals surface area (Å²) in [6.07, 6.45) is 23.9. The molecule has 0 aromatic heterocycles. The molecule has 3 nitrogen and oxygen atoms in total. The van der Waals surface area contributed by atoms with Gasteiger partial charge in [0.2, 0.25) is 0 Å². The minimum atomic E-state index is -0.833. The van der Waals surface area contributed by atoms with Crippen molar-refractivity contribution in [1.29, 1.82) is 0 Å². The van der Waals surface area contributed by atoms with Crippen LogP contribution in [0.5, 0.6) is 0 Å². The maximum Gasteiger partial charge on any atom is 0.300 e. The summed E-state index contributed by atoms with van der Waals surface area (Å²) in [6.45, 7) is 4.22. The van der Waals surface area contributed by atoms with Gasteiger partial charge in [0.05, 0.1) is 0 Å². The molecule has 0 rings (SSSR count). The number of hydrogen-bond acceptors (Lipinski definition) is 2. The fraction of sp³-hybridized carbons (Fsp3) is 0.850. The number of carbonyl (C=O) groups is 1. The highest BCUT2D eigenvalue weighted by atomic mass is 16.4. The van der Waals surface area contributed by atoms with Crippen LogP contribution >= 0.6 is 0 Å². The first kappa shape index (κ1) is 24.4. The molecule has 0 aliphatic heterocycles. The molecule has 23 heavy (non-hydrogen) atoms. The van der Waals surface area contributed by atoms with E-state index in [2.05, 4.69) is 19.1 Å². The van der Waals surface area contributed by atoms with Crippen molar-refractivity contribution >= 4 is 5.97 Å². The highest BCUT2D eigenvalue weighted by molar-refractivity contribution is 5.62. The first-order chi connectivity index (χ1) is 11.1. The Balaban J connectivity index is 0. The molecule has 0 saturated heterocycles. The lowest BCUT2D eigenvalue weighted by Gasteiger charge is -1.99. The van der Waals surface area contributed by atoms with Gasteiger partial charge in [-0.1, -0.05) is 76.9 Å². The first-order valence-electron chi connectivity index (χ1n) is 9.69. The molecule has 0 spiro atoms. The smallest absolute Gasteiger partial charge is 0.300 e. The van der Waals surface area contributed by atoms with Gasteiger partial charge in [0.1, 0.15) is 0 Å². The normalized spacial score (nSPS) is 10.6. The zero-order valence-corrected chi connectivity index (χ0v) is 15.7. The fourth-order valence-electron chi connectivity index (χ4n) is 2.39. The number of carboxylic acids is 1. The van der Waals surface area contributed by atoms with E-state index in [0.29, 0.717) is 0 Å². The highest BCUT2D eigenvalue weighted by Crippen LogP contribution is 2.09. The van der Waals surface area contributed by atoms with E-state index in [0.717, 1.165) is 13.5 Å². The van der Waals surface area contributed by atoms with Crippen LogP contribution in [0.15, 0.2) is 12.2 Å². The Morgan fingerprint density at radius 2 is 1.13 bits per heavy atom. The SMILES string of the molecule is CC(=O)O.CCCCCCCC/C=C/CCCCCCCCN. The van der Waals surface area contributed by atoms with Crippen molar-refractivity contribution in [3.05, 3.63) is 12.2 Å². The van der Waals surface area contributed by atoms with Gasteiger partial charge in [-0.15, -0.1) is 0 Å². The van der Waals surface area contributed by atoms with E-state index >= 15 is 0 Å². The van der Waals surface area contributed by atoms with Crippen LogP contribution in [-0.4, -0.2) is 17.6 Å². The first-order valence-corrected chi connectivity index (χ1v) is 9.69. The van der Waals surface area contributed by atoms with E-state index in [-0.39, 0.29) is 0 Å². The molecule has 0 aromatic rings. The molecule has 0 bridgehead atoms. The molecule has 0 aromatic carbocycles. The van der Waals surface area contributed by atoms with E-state index in [1.165, 1.54) is 89.9 Å². The van der Waals surface area contributed by atoms with Crippen molar-refractivity contribution in [3.8, 4) is 0 Å². The van der Waals surface area contributed by atoms with E-state index < -0.39 is 5.97 Å². The van der Waals surface area contributed by atoms with Gasteiger partial charge in [-0.2, -0.15) is 0 Å². The number of hydrogen-bond donors (Lipinski definition) is 2. The molecular weight excluding hydrogens is 286 g/mol. The average molecular weight is 328 g/mol. The number of aliphatic carboxylic acids is 1. The van der Waals surface area contributed by atoms with Crippen LogP contribution in [0, 0.1) is 0 Å². The minimum Gasteiger partial charge on any atom is -0.481 e. The van der Waals surface area contributed by atoms with Gasteiger partial charge in [-0.25, -0.2) is 0 Å². The van der Waals surface area contributed by atoms with Crippen molar-refractivity contribution in [1.82, 2.24) is 0 Å². The van der Waals surface area contributed by atoms with Crippen LogP contribution < -0.4 is 5.73 Å². The Hall–Kier alpha value is -0.830. The fourth-order valence-corrected chi connectivity index (χ4v) is 2.39. The van der Waals surface area contributed by atoms with Crippen molar-refractivity contribution in [2.24, 2.45) is 5.73 Å². The third-order valence-electron chi connectivity index (χ3n) is 3.72. The van der Waals surface area contributed by atoms with Gasteiger partial charge in [-0.3, -0.25) is 4.79 Å². The zero-order valence-electron chi connectivity index (χ0n) is 15.7. The van der Waals surface area contributed by atoms with Crippen LogP contribution in [0.2, 0.25) is 0 Å².